The normalized spacial score (nSPS) is 5.00. The molecule has 0 saturated carbocycles. The smallest absolute Gasteiger partial charge is 0.000496 e. The van der Waals surface area contributed by atoms with Gasteiger partial charge in [0.15, 0.2) is 0 Å². The summed E-state index contributed by atoms with van der Waals surface area (Å²) >= 11 is 0. The quantitative estimate of drug-likeness (QED) is 0.758. The molecule has 50 valence electrons. The minimum absolute atomic E-state index is 0. The zero-order valence-corrected chi connectivity index (χ0v) is 9.17. The molecule has 1 aromatic rings. The molecule has 1 nitrogen and oxygen atoms in total. The first kappa shape index (κ1) is 15.9. The van der Waals surface area contributed by atoms with Crippen LogP contribution in [0.2, 0.25) is 0 Å². The molecule has 1 heterocycles. The number of hydrogen-bond acceptors (Lipinski definition) is 0. The van der Waals surface area contributed by atoms with Crippen molar-refractivity contribution in [2.75, 3.05) is 0 Å². The fourth-order valence-electron chi connectivity index (χ4n) is 0.278. The average Bonchev–Trinajstić information content (AvgIpc) is 1.76. The molecule has 0 bridgehead atoms. The van der Waals surface area contributed by atoms with Gasteiger partial charge in [0.1, 0.15) is 0 Å². The second-order valence-corrected chi connectivity index (χ2v) is 0.885. The molecule has 4 heteroatoms. The molecule has 0 fully saturated rings. The number of rotatable bonds is 0. The van der Waals surface area contributed by atoms with E-state index in [1.54, 1.807) is 0 Å². The zero-order chi connectivity index (χ0) is 3.54. The van der Waals surface area contributed by atoms with Crippen molar-refractivity contribution in [3.63, 3.8) is 0 Å². The molecule has 0 aromatic carbocycles. The van der Waals surface area contributed by atoms with Gasteiger partial charge in [-0.15, -0.1) is 50.9 Å². The van der Waals surface area contributed by atoms with Crippen LogP contribution >= 0.6 is 50.9 Å². The van der Waals surface area contributed by atoms with Gasteiger partial charge in [-0.3, -0.25) is 0 Å². The summed E-state index contributed by atoms with van der Waals surface area (Å²) in [4.78, 5) is 2.86. The van der Waals surface area contributed by atoms with E-state index >= 15 is 0 Å². The predicted octanol–water partition coefficient (Wildman–Crippen LogP) is 2.75. The van der Waals surface area contributed by atoms with E-state index in [0.29, 0.717) is 0 Å². The van der Waals surface area contributed by atoms with Crippen molar-refractivity contribution in [3.8, 4) is 0 Å². The Kier molecular flexibility index (Phi) is 21.2. The standard InChI is InChI=1S/C4H5N.3BrH/c1-2-4-5-3-1;;;/h1-5H;3*1H. The Morgan fingerprint density at radius 1 is 0.750 bits per heavy atom. The lowest BCUT2D eigenvalue weighted by molar-refractivity contribution is 1.42. The Morgan fingerprint density at radius 2 is 1.12 bits per heavy atom. The fraction of sp³-hybridized carbons (Fsp3) is 0. The molecule has 8 heavy (non-hydrogen) atoms. The van der Waals surface area contributed by atoms with Gasteiger partial charge in [0.2, 0.25) is 0 Å². The van der Waals surface area contributed by atoms with Gasteiger partial charge in [-0.2, -0.15) is 0 Å². The molecule has 0 atom stereocenters. The van der Waals surface area contributed by atoms with Gasteiger partial charge in [0.05, 0.1) is 0 Å². The van der Waals surface area contributed by atoms with Crippen LogP contribution in [0.3, 0.4) is 0 Å². The maximum Gasteiger partial charge on any atom is 0.000496 e. The first-order valence-electron chi connectivity index (χ1n) is 1.58. The summed E-state index contributed by atoms with van der Waals surface area (Å²) in [6, 6.07) is 3.89. The third kappa shape index (κ3) is 6.72. The Labute approximate surface area is 80.2 Å². The zero-order valence-electron chi connectivity index (χ0n) is 4.03. The van der Waals surface area contributed by atoms with Gasteiger partial charge in [-0.25, -0.2) is 0 Å². The maximum atomic E-state index is 2.86. The van der Waals surface area contributed by atoms with Crippen LogP contribution < -0.4 is 0 Å². The van der Waals surface area contributed by atoms with E-state index in [1.807, 2.05) is 24.5 Å². The summed E-state index contributed by atoms with van der Waals surface area (Å²) in [6.07, 6.45) is 3.75. The van der Waals surface area contributed by atoms with Crippen molar-refractivity contribution in [1.82, 2.24) is 4.98 Å². The molecular weight excluding hydrogens is 302 g/mol. The highest BCUT2D eigenvalue weighted by atomic mass is 79.9. The van der Waals surface area contributed by atoms with Crippen LogP contribution in [-0.4, -0.2) is 4.98 Å². The minimum atomic E-state index is 0. The summed E-state index contributed by atoms with van der Waals surface area (Å²) < 4.78 is 0. The van der Waals surface area contributed by atoms with Gasteiger partial charge in [-0.05, 0) is 12.1 Å². The van der Waals surface area contributed by atoms with Crippen molar-refractivity contribution in [1.29, 1.82) is 0 Å². The molecule has 0 spiro atoms. The third-order valence-corrected chi connectivity index (χ3v) is 0.496. The van der Waals surface area contributed by atoms with Gasteiger partial charge < -0.3 is 4.98 Å². The van der Waals surface area contributed by atoms with Crippen LogP contribution in [0, 0.1) is 0 Å². The van der Waals surface area contributed by atoms with Crippen LogP contribution in [0.5, 0.6) is 0 Å². The first-order chi connectivity index (χ1) is 2.50. The maximum absolute atomic E-state index is 2.86. The second-order valence-electron chi connectivity index (χ2n) is 0.885. The Bertz CT molecular complexity index is 67.8. The molecule has 0 aliphatic rings. The molecule has 1 N–H and O–H groups in total. The lowest BCUT2D eigenvalue weighted by Gasteiger charge is -1.49. The topological polar surface area (TPSA) is 15.8 Å². The highest BCUT2D eigenvalue weighted by molar-refractivity contribution is 8.93. The van der Waals surface area contributed by atoms with Gasteiger partial charge >= 0.3 is 0 Å². The van der Waals surface area contributed by atoms with Crippen molar-refractivity contribution >= 4 is 50.9 Å². The van der Waals surface area contributed by atoms with Crippen LogP contribution in [0.15, 0.2) is 24.5 Å². The first-order valence-corrected chi connectivity index (χ1v) is 1.58. The van der Waals surface area contributed by atoms with Crippen LogP contribution in [0.4, 0.5) is 0 Å². The number of aromatic amines is 1. The van der Waals surface area contributed by atoms with Crippen molar-refractivity contribution in [2.24, 2.45) is 0 Å². The van der Waals surface area contributed by atoms with E-state index in [9.17, 15) is 0 Å². The summed E-state index contributed by atoms with van der Waals surface area (Å²) in [6.45, 7) is 0. The highest BCUT2D eigenvalue weighted by Gasteiger charge is 1.55. The molecule has 0 aliphatic heterocycles. The Morgan fingerprint density at radius 3 is 1.25 bits per heavy atom. The van der Waals surface area contributed by atoms with Crippen LogP contribution in [0.1, 0.15) is 0 Å². The molecule has 0 aliphatic carbocycles. The molecule has 0 radical (unpaired) electrons. The van der Waals surface area contributed by atoms with E-state index in [1.165, 1.54) is 0 Å². The predicted molar refractivity (Wildman–Crippen MR) is 51.8 cm³/mol. The average molecular weight is 310 g/mol. The summed E-state index contributed by atoms with van der Waals surface area (Å²) in [5, 5.41) is 0. The summed E-state index contributed by atoms with van der Waals surface area (Å²) in [7, 11) is 0. The molecule has 0 unspecified atom stereocenters. The molecule has 0 saturated heterocycles. The Hall–Kier alpha value is 0.720. The molecule has 1 rings (SSSR count). The Balaban J connectivity index is -0.0000000833. The number of hydrogen-bond donors (Lipinski definition) is 1. The third-order valence-electron chi connectivity index (χ3n) is 0.496. The lowest BCUT2D eigenvalue weighted by Crippen LogP contribution is -1.38. The van der Waals surface area contributed by atoms with E-state index in [0.717, 1.165) is 0 Å². The summed E-state index contributed by atoms with van der Waals surface area (Å²) in [5.74, 6) is 0. The monoisotopic (exact) mass is 307 g/mol. The van der Waals surface area contributed by atoms with E-state index < -0.39 is 0 Å². The van der Waals surface area contributed by atoms with Crippen molar-refractivity contribution in [3.05, 3.63) is 24.5 Å². The molecule has 0 amide bonds. The van der Waals surface area contributed by atoms with Gasteiger partial charge in [-0.1, -0.05) is 0 Å². The highest BCUT2D eigenvalue weighted by Crippen LogP contribution is 1.72. The summed E-state index contributed by atoms with van der Waals surface area (Å²) in [5.41, 5.74) is 0. The van der Waals surface area contributed by atoms with E-state index in [4.69, 9.17) is 0 Å². The lowest BCUT2D eigenvalue weighted by atomic mass is 10.7. The molecular formula is C4H8Br3N. The number of halogens is 3. The minimum Gasteiger partial charge on any atom is -0.368 e. The van der Waals surface area contributed by atoms with Crippen molar-refractivity contribution < 1.29 is 0 Å². The van der Waals surface area contributed by atoms with Crippen molar-refractivity contribution in [2.45, 2.75) is 0 Å². The van der Waals surface area contributed by atoms with Gasteiger partial charge in [0, 0.05) is 12.4 Å². The van der Waals surface area contributed by atoms with Gasteiger partial charge in [0.25, 0.3) is 0 Å². The number of aromatic nitrogens is 1. The van der Waals surface area contributed by atoms with Crippen LogP contribution in [-0.2, 0) is 0 Å². The number of nitrogens with one attached hydrogen (secondary N) is 1. The molecule has 1 aromatic heterocycles. The number of H-pyrrole nitrogens is 1. The SMILES string of the molecule is Br.Br.Br.c1cc[nH]c1. The second kappa shape index (κ2) is 10.7. The van der Waals surface area contributed by atoms with Crippen LogP contribution in [0.25, 0.3) is 0 Å². The van der Waals surface area contributed by atoms with E-state index in [2.05, 4.69) is 4.98 Å². The largest absolute Gasteiger partial charge is 0.368 e. The fourth-order valence-corrected chi connectivity index (χ4v) is 0.278. The van der Waals surface area contributed by atoms with E-state index in [-0.39, 0.29) is 50.9 Å².